The summed E-state index contributed by atoms with van der Waals surface area (Å²) in [6, 6.07) is 4.84. The van der Waals surface area contributed by atoms with Gasteiger partial charge in [0.05, 0.1) is 13.7 Å². The highest BCUT2D eigenvalue weighted by atomic mass is 16.5. The number of ether oxygens (including phenoxy) is 1. The standard InChI is InChI=1S/C22H33N5O5/c1-14(2)23-22(31)27-12-11-26(13-18(27)19(28)24-15(3)21(30)32-6)20(29)16-7-9-17(10-8-16)25(4)5/h7-10,14-15,18H,11-13H2,1-6H3,(H,23,31)(H,24,28). The van der Waals surface area contributed by atoms with Crippen molar-refractivity contribution >= 4 is 29.5 Å². The molecule has 2 atom stereocenters. The lowest BCUT2D eigenvalue weighted by Crippen LogP contribution is -2.64. The molecule has 1 aromatic carbocycles. The fourth-order valence-electron chi connectivity index (χ4n) is 3.39. The number of esters is 1. The quantitative estimate of drug-likeness (QED) is 0.621. The lowest BCUT2D eigenvalue weighted by atomic mass is 10.1. The average molecular weight is 448 g/mol. The second kappa shape index (κ2) is 10.8. The fourth-order valence-corrected chi connectivity index (χ4v) is 3.39. The Labute approximate surface area is 188 Å². The highest BCUT2D eigenvalue weighted by molar-refractivity contribution is 5.96. The van der Waals surface area contributed by atoms with Crippen molar-refractivity contribution in [2.75, 3.05) is 45.7 Å². The zero-order valence-corrected chi connectivity index (χ0v) is 19.5. The number of nitrogens with one attached hydrogen (secondary N) is 2. The molecule has 0 aliphatic carbocycles. The van der Waals surface area contributed by atoms with Gasteiger partial charge in [0.15, 0.2) is 0 Å². The van der Waals surface area contributed by atoms with Gasteiger partial charge in [0.2, 0.25) is 5.91 Å². The van der Waals surface area contributed by atoms with E-state index in [2.05, 4.69) is 15.4 Å². The number of benzene rings is 1. The predicted molar refractivity (Wildman–Crippen MR) is 120 cm³/mol. The van der Waals surface area contributed by atoms with E-state index in [0.717, 1.165) is 5.69 Å². The Balaban J connectivity index is 2.21. The molecule has 10 heteroatoms. The van der Waals surface area contributed by atoms with Crippen molar-refractivity contribution in [3.8, 4) is 0 Å². The monoisotopic (exact) mass is 447 g/mol. The van der Waals surface area contributed by atoms with Gasteiger partial charge in [-0.1, -0.05) is 0 Å². The van der Waals surface area contributed by atoms with E-state index in [0.29, 0.717) is 5.56 Å². The summed E-state index contributed by atoms with van der Waals surface area (Å²) in [4.78, 5) is 55.3. The summed E-state index contributed by atoms with van der Waals surface area (Å²) in [6.45, 7) is 5.63. The summed E-state index contributed by atoms with van der Waals surface area (Å²) in [5.41, 5.74) is 1.46. The largest absolute Gasteiger partial charge is 0.467 e. The topological polar surface area (TPSA) is 111 Å². The number of methoxy groups -OCH3 is 1. The van der Waals surface area contributed by atoms with Crippen LogP contribution < -0.4 is 15.5 Å². The van der Waals surface area contributed by atoms with Crippen LogP contribution in [0.25, 0.3) is 0 Å². The molecule has 0 aromatic heterocycles. The summed E-state index contributed by atoms with van der Waals surface area (Å²) in [5.74, 6) is -1.35. The first-order valence-corrected chi connectivity index (χ1v) is 10.6. The number of rotatable bonds is 6. The minimum Gasteiger partial charge on any atom is -0.467 e. The van der Waals surface area contributed by atoms with Crippen LogP contribution in [0.3, 0.4) is 0 Å². The van der Waals surface area contributed by atoms with Crippen LogP contribution in [0.15, 0.2) is 24.3 Å². The Morgan fingerprint density at radius 3 is 2.19 bits per heavy atom. The maximum Gasteiger partial charge on any atom is 0.328 e. The fraction of sp³-hybridized carbons (Fsp3) is 0.545. The van der Waals surface area contributed by atoms with Crippen molar-refractivity contribution in [1.82, 2.24) is 20.4 Å². The van der Waals surface area contributed by atoms with E-state index in [1.54, 1.807) is 17.0 Å². The molecular formula is C22H33N5O5. The van der Waals surface area contributed by atoms with Crippen molar-refractivity contribution in [3.05, 3.63) is 29.8 Å². The minimum atomic E-state index is -0.945. The third kappa shape index (κ3) is 6.12. The maximum absolute atomic E-state index is 13.1. The van der Waals surface area contributed by atoms with E-state index in [9.17, 15) is 19.2 Å². The second-order valence-corrected chi connectivity index (χ2v) is 8.26. The molecule has 0 radical (unpaired) electrons. The van der Waals surface area contributed by atoms with Gasteiger partial charge in [-0.05, 0) is 45.0 Å². The Morgan fingerprint density at radius 2 is 1.66 bits per heavy atom. The number of piperazine rings is 1. The van der Waals surface area contributed by atoms with Gasteiger partial charge in [-0.2, -0.15) is 0 Å². The molecule has 2 rings (SSSR count). The van der Waals surface area contributed by atoms with Gasteiger partial charge >= 0.3 is 12.0 Å². The van der Waals surface area contributed by atoms with Gasteiger partial charge in [-0.25, -0.2) is 9.59 Å². The summed E-state index contributed by atoms with van der Waals surface area (Å²) < 4.78 is 4.66. The van der Waals surface area contributed by atoms with Crippen molar-refractivity contribution in [2.24, 2.45) is 0 Å². The lowest BCUT2D eigenvalue weighted by Gasteiger charge is -2.41. The molecule has 1 aliphatic heterocycles. The van der Waals surface area contributed by atoms with Crippen LogP contribution >= 0.6 is 0 Å². The van der Waals surface area contributed by atoms with E-state index in [1.807, 2.05) is 45.0 Å². The number of urea groups is 1. The van der Waals surface area contributed by atoms with Crippen LogP contribution in [0.5, 0.6) is 0 Å². The zero-order valence-electron chi connectivity index (χ0n) is 19.5. The highest BCUT2D eigenvalue weighted by Gasteiger charge is 2.38. The van der Waals surface area contributed by atoms with Crippen molar-refractivity contribution in [1.29, 1.82) is 0 Å². The number of anilines is 1. The van der Waals surface area contributed by atoms with Crippen LogP contribution in [-0.4, -0.2) is 92.6 Å². The smallest absolute Gasteiger partial charge is 0.328 e. The summed E-state index contributed by atoms with van der Waals surface area (Å²) in [5, 5.41) is 5.36. The Kier molecular flexibility index (Phi) is 8.45. The lowest BCUT2D eigenvalue weighted by molar-refractivity contribution is -0.145. The van der Waals surface area contributed by atoms with Crippen LogP contribution in [-0.2, 0) is 14.3 Å². The van der Waals surface area contributed by atoms with Gasteiger partial charge < -0.3 is 30.1 Å². The molecule has 1 aliphatic rings. The van der Waals surface area contributed by atoms with Crippen LogP contribution in [0.2, 0.25) is 0 Å². The Morgan fingerprint density at radius 1 is 1.03 bits per heavy atom. The van der Waals surface area contributed by atoms with E-state index in [1.165, 1.54) is 18.9 Å². The van der Waals surface area contributed by atoms with E-state index in [4.69, 9.17) is 0 Å². The first-order valence-electron chi connectivity index (χ1n) is 10.6. The van der Waals surface area contributed by atoms with E-state index in [-0.39, 0.29) is 31.6 Å². The number of carbonyl (C=O) groups excluding carboxylic acids is 4. The number of hydrogen-bond donors (Lipinski definition) is 2. The van der Waals surface area contributed by atoms with E-state index >= 15 is 0 Å². The molecule has 10 nitrogen and oxygen atoms in total. The average Bonchev–Trinajstić information content (AvgIpc) is 2.76. The first-order chi connectivity index (χ1) is 15.0. The molecule has 2 N–H and O–H groups in total. The SMILES string of the molecule is COC(=O)C(C)NC(=O)C1CN(C(=O)c2ccc(N(C)C)cc2)CCN1C(=O)NC(C)C. The third-order valence-corrected chi connectivity index (χ3v) is 5.19. The van der Waals surface area contributed by atoms with Gasteiger partial charge in [0, 0.05) is 44.5 Å². The first kappa shape index (κ1) is 25.0. The van der Waals surface area contributed by atoms with Crippen LogP contribution in [0, 0.1) is 0 Å². The third-order valence-electron chi connectivity index (χ3n) is 5.19. The molecule has 4 amide bonds. The minimum absolute atomic E-state index is 0.0134. The number of carbonyl (C=O) groups is 4. The molecule has 176 valence electrons. The summed E-state index contributed by atoms with van der Waals surface area (Å²) >= 11 is 0. The Hall–Kier alpha value is -3.30. The molecular weight excluding hydrogens is 414 g/mol. The molecule has 2 unspecified atom stereocenters. The summed E-state index contributed by atoms with van der Waals surface area (Å²) in [6.07, 6.45) is 0. The number of nitrogens with zero attached hydrogens (tertiary/aromatic N) is 3. The molecule has 0 spiro atoms. The second-order valence-electron chi connectivity index (χ2n) is 8.26. The molecule has 0 bridgehead atoms. The predicted octanol–water partition coefficient (Wildman–Crippen LogP) is 0.675. The molecule has 1 saturated heterocycles. The molecule has 32 heavy (non-hydrogen) atoms. The molecule has 1 aromatic rings. The van der Waals surface area contributed by atoms with Crippen LogP contribution in [0.4, 0.5) is 10.5 Å². The number of amides is 4. The normalized spacial score (nSPS) is 16.9. The zero-order chi connectivity index (χ0) is 24.0. The molecule has 0 saturated carbocycles. The van der Waals surface area contributed by atoms with Gasteiger partial charge in [0.1, 0.15) is 12.1 Å². The summed E-state index contributed by atoms with van der Waals surface area (Å²) in [7, 11) is 5.06. The van der Waals surface area contributed by atoms with Gasteiger partial charge in [-0.15, -0.1) is 0 Å². The van der Waals surface area contributed by atoms with Crippen molar-refractivity contribution in [3.63, 3.8) is 0 Å². The van der Waals surface area contributed by atoms with Gasteiger partial charge in [0.25, 0.3) is 5.91 Å². The maximum atomic E-state index is 13.1. The van der Waals surface area contributed by atoms with Crippen molar-refractivity contribution < 1.29 is 23.9 Å². The Bertz CT molecular complexity index is 840. The molecule has 1 fully saturated rings. The van der Waals surface area contributed by atoms with Crippen molar-refractivity contribution in [2.45, 2.75) is 38.9 Å². The number of hydrogen-bond acceptors (Lipinski definition) is 6. The van der Waals surface area contributed by atoms with Crippen LogP contribution in [0.1, 0.15) is 31.1 Å². The highest BCUT2D eigenvalue weighted by Crippen LogP contribution is 2.17. The molecule has 1 heterocycles. The van der Waals surface area contributed by atoms with Gasteiger partial charge in [-0.3, -0.25) is 9.59 Å². The van der Waals surface area contributed by atoms with E-state index < -0.39 is 30.0 Å².